The Morgan fingerprint density at radius 1 is 1.54 bits per heavy atom. The number of hydrogen-bond acceptors (Lipinski definition) is 2. The van der Waals surface area contributed by atoms with Crippen LogP contribution < -0.4 is 4.90 Å². The molecule has 1 aliphatic heterocycles. The van der Waals surface area contributed by atoms with Gasteiger partial charge in [0, 0.05) is 15.9 Å². The zero-order valence-electron chi connectivity index (χ0n) is 7.75. The van der Waals surface area contributed by atoms with Crippen molar-refractivity contribution in [2.45, 2.75) is 24.1 Å². The Morgan fingerprint density at radius 2 is 2.31 bits per heavy atom. The van der Waals surface area contributed by atoms with Gasteiger partial charge in [-0.2, -0.15) is 0 Å². The first-order valence-corrected chi connectivity index (χ1v) is 6.13. The van der Waals surface area contributed by atoms with Gasteiger partial charge in [0.25, 0.3) is 0 Å². The number of hydrogen-bond donors (Lipinski definition) is 0. The SMILES string of the molecule is CCN1c2c(Br)cccc2SC1C. The minimum absolute atomic E-state index is 0.568. The van der Waals surface area contributed by atoms with E-state index < -0.39 is 0 Å². The standard InChI is InChI=1S/C10H12BrNS/c1-3-12-7(2)13-9-6-4-5-8(11)10(9)12/h4-7H,3H2,1-2H3. The van der Waals surface area contributed by atoms with Crippen molar-refractivity contribution in [1.82, 2.24) is 0 Å². The first-order chi connectivity index (χ1) is 6.24. The van der Waals surface area contributed by atoms with Crippen molar-refractivity contribution in [2.24, 2.45) is 0 Å². The van der Waals surface area contributed by atoms with Crippen LogP contribution in [0.25, 0.3) is 0 Å². The van der Waals surface area contributed by atoms with E-state index in [2.05, 4.69) is 52.9 Å². The Labute approximate surface area is 91.6 Å². The van der Waals surface area contributed by atoms with E-state index in [0.717, 1.165) is 6.54 Å². The van der Waals surface area contributed by atoms with Crippen molar-refractivity contribution >= 4 is 33.4 Å². The molecule has 0 spiro atoms. The zero-order valence-corrected chi connectivity index (χ0v) is 10.2. The maximum absolute atomic E-state index is 3.60. The summed E-state index contributed by atoms with van der Waals surface area (Å²) in [6, 6.07) is 6.40. The molecular weight excluding hydrogens is 246 g/mol. The molecule has 0 saturated carbocycles. The van der Waals surface area contributed by atoms with Crippen LogP contribution in [0, 0.1) is 0 Å². The Bertz CT molecular complexity index is 327. The molecule has 3 heteroatoms. The number of anilines is 1. The molecule has 1 unspecified atom stereocenters. The molecule has 2 rings (SSSR count). The average molecular weight is 258 g/mol. The Balaban J connectivity index is 2.49. The highest BCUT2D eigenvalue weighted by Crippen LogP contribution is 2.46. The number of fused-ring (bicyclic) bond motifs is 1. The second-order valence-corrected chi connectivity index (χ2v) is 5.30. The second kappa shape index (κ2) is 3.54. The van der Waals surface area contributed by atoms with Crippen molar-refractivity contribution in [3.05, 3.63) is 22.7 Å². The third-order valence-electron chi connectivity index (χ3n) is 2.31. The molecule has 1 aromatic carbocycles. The molecule has 0 amide bonds. The maximum Gasteiger partial charge on any atom is 0.0770 e. The first-order valence-electron chi connectivity index (χ1n) is 4.46. The lowest BCUT2D eigenvalue weighted by molar-refractivity contribution is 0.831. The zero-order chi connectivity index (χ0) is 9.42. The molecule has 1 atom stereocenters. The quantitative estimate of drug-likeness (QED) is 0.755. The van der Waals surface area contributed by atoms with E-state index in [4.69, 9.17) is 0 Å². The predicted octanol–water partition coefficient (Wildman–Crippen LogP) is 3.73. The summed E-state index contributed by atoms with van der Waals surface area (Å²) in [5.41, 5.74) is 1.36. The molecule has 1 heterocycles. The minimum atomic E-state index is 0.568. The van der Waals surface area contributed by atoms with Crippen LogP contribution in [0.2, 0.25) is 0 Å². The van der Waals surface area contributed by atoms with Crippen molar-refractivity contribution < 1.29 is 0 Å². The predicted molar refractivity (Wildman–Crippen MR) is 62.5 cm³/mol. The van der Waals surface area contributed by atoms with E-state index in [1.54, 1.807) is 0 Å². The van der Waals surface area contributed by atoms with Gasteiger partial charge in [-0.25, -0.2) is 0 Å². The molecule has 1 nitrogen and oxygen atoms in total. The summed E-state index contributed by atoms with van der Waals surface area (Å²) in [6.45, 7) is 5.52. The molecule has 0 bridgehead atoms. The first kappa shape index (κ1) is 9.41. The van der Waals surface area contributed by atoms with Crippen LogP contribution in [0.5, 0.6) is 0 Å². The summed E-state index contributed by atoms with van der Waals surface area (Å²) in [4.78, 5) is 3.81. The van der Waals surface area contributed by atoms with Gasteiger partial charge in [-0.1, -0.05) is 17.8 Å². The van der Waals surface area contributed by atoms with Crippen LogP contribution in [0.4, 0.5) is 5.69 Å². The molecule has 0 fully saturated rings. The number of halogens is 1. The summed E-state index contributed by atoms with van der Waals surface area (Å²) in [5, 5.41) is 0.568. The molecule has 70 valence electrons. The molecule has 0 radical (unpaired) electrons. The monoisotopic (exact) mass is 257 g/mol. The summed E-state index contributed by atoms with van der Waals surface area (Å²) in [7, 11) is 0. The van der Waals surface area contributed by atoms with Gasteiger partial charge in [0.1, 0.15) is 0 Å². The third-order valence-corrected chi connectivity index (χ3v) is 4.13. The molecule has 13 heavy (non-hydrogen) atoms. The Hall–Kier alpha value is -0.150. The lowest BCUT2D eigenvalue weighted by Crippen LogP contribution is -2.26. The fourth-order valence-corrected chi connectivity index (χ4v) is 3.68. The summed E-state index contributed by atoms with van der Waals surface area (Å²) in [6.07, 6.45) is 0. The lowest BCUT2D eigenvalue weighted by Gasteiger charge is -2.22. The van der Waals surface area contributed by atoms with E-state index in [1.165, 1.54) is 15.1 Å². The number of para-hydroxylation sites is 1. The van der Waals surface area contributed by atoms with E-state index in [9.17, 15) is 0 Å². The van der Waals surface area contributed by atoms with Crippen LogP contribution in [-0.2, 0) is 0 Å². The van der Waals surface area contributed by atoms with E-state index in [1.807, 2.05) is 11.8 Å². The summed E-state index contributed by atoms with van der Waals surface area (Å²) >= 11 is 5.53. The van der Waals surface area contributed by atoms with Crippen LogP contribution in [0.15, 0.2) is 27.6 Å². The Kier molecular flexibility index (Phi) is 2.56. The Morgan fingerprint density at radius 3 is 3.00 bits per heavy atom. The van der Waals surface area contributed by atoms with Gasteiger partial charge in [-0.3, -0.25) is 0 Å². The topological polar surface area (TPSA) is 3.24 Å². The maximum atomic E-state index is 3.60. The van der Waals surface area contributed by atoms with Gasteiger partial charge in [0.2, 0.25) is 0 Å². The van der Waals surface area contributed by atoms with Crippen molar-refractivity contribution in [1.29, 1.82) is 0 Å². The highest BCUT2D eigenvalue weighted by molar-refractivity contribution is 9.10. The van der Waals surface area contributed by atoms with Crippen molar-refractivity contribution in [3.63, 3.8) is 0 Å². The third kappa shape index (κ3) is 1.48. The van der Waals surface area contributed by atoms with Gasteiger partial charge in [0.05, 0.1) is 11.1 Å². The molecule has 0 aliphatic carbocycles. The van der Waals surface area contributed by atoms with Crippen LogP contribution in [0.1, 0.15) is 13.8 Å². The van der Waals surface area contributed by atoms with Crippen molar-refractivity contribution in [2.75, 3.05) is 11.4 Å². The van der Waals surface area contributed by atoms with Gasteiger partial charge >= 0.3 is 0 Å². The van der Waals surface area contributed by atoms with Gasteiger partial charge in [0.15, 0.2) is 0 Å². The van der Waals surface area contributed by atoms with E-state index in [-0.39, 0.29) is 0 Å². The molecule has 0 aromatic heterocycles. The van der Waals surface area contributed by atoms with Crippen LogP contribution >= 0.6 is 27.7 Å². The second-order valence-electron chi connectivity index (χ2n) is 3.09. The van der Waals surface area contributed by atoms with Gasteiger partial charge in [-0.05, 0) is 41.9 Å². The fourth-order valence-electron chi connectivity index (χ4n) is 1.71. The number of thioether (sulfide) groups is 1. The van der Waals surface area contributed by atoms with Crippen LogP contribution in [-0.4, -0.2) is 11.9 Å². The van der Waals surface area contributed by atoms with Crippen molar-refractivity contribution in [3.8, 4) is 0 Å². The fraction of sp³-hybridized carbons (Fsp3) is 0.400. The molecule has 0 saturated heterocycles. The minimum Gasteiger partial charge on any atom is -0.358 e. The molecule has 1 aliphatic rings. The molecule has 0 N–H and O–H groups in total. The normalized spacial score (nSPS) is 20.5. The van der Waals surface area contributed by atoms with E-state index >= 15 is 0 Å². The highest BCUT2D eigenvalue weighted by atomic mass is 79.9. The van der Waals surface area contributed by atoms with Gasteiger partial charge in [-0.15, -0.1) is 0 Å². The summed E-state index contributed by atoms with van der Waals surface area (Å²) < 4.78 is 1.21. The largest absolute Gasteiger partial charge is 0.358 e. The number of nitrogens with zero attached hydrogens (tertiary/aromatic N) is 1. The average Bonchev–Trinajstić information content (AvgIpc) is 2.42. The number of benzene rings is 1. The molecule has 1 aromatic rings. The molecular formula is C10H12BrNS. The smallest absolute Gasteiger partial charge is 0.0770 e. The van der Waals surface area contributed by atoms with Gasteiger partial charge < -0.3 is 4.90 Å². The van der Waals surface area contributed by atoms with Crippen LogP contribution in [0.3, 0.4) is 0 Å². The number of rotatable bonds is 1. The summed E-state index contributed by atoms with van der Waals surface area (Å²) in [5.74, 6) is 0. The van der Waals surface area contributed by atoms with E-state index in [0.29, 0.717) is 5.37 Å². The highest BCUT2D eigenvalue weighted by Gasteiger charge is 2.26. The lowest BCUT2D eigenvalue weighted by atomic mass is 10.3.